The highest BCUT2D eigenvalue weighted by Crippen LogP contribution is 2.32. The second-order valence-electron chi connectivity index (χ2n) is 4.49. The van der Waals surface area contributed by atoms with Crippen LogP contribution in [0.4, 0.5) is 0 Å². The molecule has 1 aromatic carbocycles. The van der Waals surface area contributed by atoms with Crippen molar-refractivity contribution < 1.29 is 0 Å². The molecule has 102 valence electrons. The smallest absolute Gasteiger partial charge is 0.0456 e. The average Bonchev–Trinajstić information content (AvgIpc) is 2.72. The van der Waals surface area contributed by atoms with Crippen LogP contribution in [-0.4, -0.2) is 6.54 Å². The van der Waals surface area contributed by atoms with Gasteiger partial charge in [-0.25, -0.2) is 0 Å². The monoisotopic (exact) mass is 357 g/mol. The summed E-state index contributed by atoms with van der Waals surface area (Å²) in [6, 6.07) is 10.7. The zero-order valence-electron chi connectivity index (χ0n) is 11.0. The lowest BCUT2D eigenvalue weighted by Gasteiger charge is -2.16. The Morgan fingerprint density at radius 1 is 1.32 bits per heavy atom. The van der Waals surface area contributed by atoms with E-state index in [1.54, 1.807) is 0 Å². The predicted molar refractivity (Wildman–Crippen MR) is 88.3 cm³/mol. The lowest BCUT2D eigenvalue weighted by molar-refractivity contribution is 0.558. The molecule has 0 spiro atoms. The van der Waals surface area contributed by atoms with Gasteiger partial charge in [-0.15, -0.1) is 11.3 Å². The lowest BCUT2D eigenvalue weighted by atomic mass is 10.0. The Hall–Kier alpha value is -0.350. The molecule has 1 N–H and O–H groups in total. The largest absolute Gasteiger partial charge is 0.309 e. The van der Waals surface area contributed by atoms with Crippen molar-refractivity contribution in [1.82, 2.24) is 5.32 Å². The van der Waals surface area contributed by atoms with E-state index in [2.05, 4.69) is 53.3 Å². The van der Waals surface area contributed by atoms with Gasteiger partial charge in [0.1, 0.15) is 0 Å². The number of thiophene rings is 1. The van der Waals surface area contributed by atoms with Crippen LogP contribution in [0.5, 0.6) is 0 Å². The third-order valence-electron chi connectivity index (χ3n) is 3.02. The molecule has 0 amide bonds. The van der Waals surface area contributed by atoms with Crippen LogP contribution in [0.3, 0.4) is 0 Å². The molecule has 0 saturated heterocycles. The Bertz CT molecular complexity index is 516. The highest BCUT2D eigenvalue weighted by atomic mass is 79.9. The zero-order chi connectivity index (χ0) is 13.8. The van der Waals surface area contributed by atoms with Gasteiger partial charge in [0.25, 0.3) is 0 Å². The summed E-state index contributed by atoms with van der Waals surface area (Å²) in [5.41, 5.74) is 1.30. The van der Waals surface area contributed by atoms with Crippen molar-refractivity contribution in [2.75, 3.05) is 6.54 Å². The Morgan fingerprint density at radius 3 is 2.53 bits per heavy atom. The molecule has 2 aromatic rings. The molecule has 0 bridgehead atoms. The van der Waals surface area contributed by atoms with E-state index in [1.807, 2.05) is 23.5 Å². The first-order chi connectivity index (χ1) is 9.10. The minimum atomic E-state index is 0.362. The summed E-state index contributed by atoms with van der Waals surface area (Å²) < 4.78 is 1.20. The summed E-state index contributed by atoms with van der Waals surface area (Å²) in [6.07, 6.45) is 0.984. The van der Waals surface area contributed by atoms with E-state index in [0.717, 1.165) is 18.0 Å². The first-order valence-corrected chi connectivity index (χ1v) is 8.32. The van der Waals surface area contributed by atoms with Gasteiger partial charge >= 0.3 is 0 Å². The van der Waals surface area contributed by atoms with E-state index in [4.69, 9.17) is 11.6 Å². The van der Waals surface area contributed by atoms with Crippen molar-refractivity contribution in [2.45, 2.75) is 26.3 Å². The van der Waals surface area contributed by atoms with E-state index >= 15 is 0 Å². The van der Waals surface area contributed by atoms with E-state index in [0.29, 0.717) is 6.04 Å². The Balaban J connectivity index is 2.18. The van der Waals surface area contributed by atoms with Gasteiger partial charge in [-0.3, -0.25) is 0 Å². The molecule has 1 nitrogen and oxygen atoms in total. The van der Waals surface area contributed by atoms with Gasteiger partial charge in [0.05, 0.1) is 0 Å². The van der Waals surface area contributed by atoms with Crippen LogP contribution in [0, 0.1) is 6.92 Å². The summed E-state index contributed by atoms with van der Waals surface area (Å²) in [4.78, 5) is 2.70. The molecule has 1 unspecified atom stereocenters. The second kappa shape index (κ2) is 6.89. The quantitative estimate of drug-likeness (QED) is 0.758. The summed E-state index contributed by atoms with van der Waals surface area (Å²) in [6.45, 7) is 5.25. The van der Waals surface area contributed by atoms with Crippen LogP contribution in [0.25, 0.3) is 0 Å². The molecule has 0 aliphatic carbocycles. The van der Waals surface area contributed by atoms with Gasteiger partial charge in [0, 0.05) is 25.3 Å². The number of hydrogen-bond acceptors (Lipinski definition) is 2. The zero-order valence-corrected chi connectivity index (χ0v) is 14.2. The maximum absolute atomic E-state index is 5.93. The van der Waals surface area contributed by atoms with Crippen LogP contribution < -0.4 is 5.32 Å². The summed E-state index contributed by atoms with van der Waals surface area (Å²) in [7, 11) is 0. The molecule has 19 heavy (non-hydrogen) atoms. The summed E-state index contributed by atoms with van der Waals surface area (Å²) in [5, 5.41) is 4.35. The molecule has 0 radical (unpaired) electrons. The summed E-state index contributed by atoms with van der Waals surface area (Å²) >= 11 is 11.4. The van der Waals surface area contributed by atoms with Crippen LogP contribution in [0.2, 0.25) is 5.02 Å². The van der Waals surface area contributed by atoms with Gasteiger partial charge in [-0.2, -0.15) is 0 Å². The fourth-order valence-corrected chi connectivity index (χ4v) is 3.79. The van der Waals surface area contributed by atoms with Gasteiger partial charge in [0.15, 0.2) is 0 Å². The van der Waals surface area contributed by atoms with E-state index in [9.17, 15) is 0 Å². The van der Waals surface area contributed by atoms with Crippen molar-refractivity contribution in [1.29, 1.82) is 0 Å². The fraction of sp³-hybridized carbons (Fsp3) is 0.333. The molecule has 1 heterocycles. The molecular formula is C15H17BrClNS. The fourth-order valence-electron chi connectivity index (χ4n) is 2.03. The number of hydrogen-bond donors (Lipinski definition) is 1. The molecule has 1 aromatic heterocycles. The Morgan fingerprint density at radius 2 is 2.00 bits per heavy atom. The number of benzene rings is 1. The molecule has 0 saturated carbocycles. The number of likely N-dealkylation sites (N-methyl/N-ethyl adjacent to an activating group) is 1. The van der Waals surface area contributed by atoms with Crippen LogP contribution in [0.15, 0.2) is 34.8 Å². The highest BCUT2D eigenvalue weighted by molar-refractivity contribution is 9.10. The van der Waals surface area contributed by atoms with Crippen molar-refractivity contribution in [3.05, 3.63) is 55.1 Å². The maximum Gasteiger partial charge on any atom is 0.0456 e. The van der Waals surface area contributed by atoms with Crippen molar-refractivity contribution in [2.24, 2.45) is 0 Å². The Kier molecular flexibility index (Phi) is 5.46. The summed E-state index contributed by atoms with van der Waals surface area (Å²) in [5.74, 6) is 0. The first-order valence-electron chi connectivity index (χ1n) is 6.33. The van der Waals surface area contributed by atoms with Crippen molar-refractivity contribution in [3.8, 4) is 0 Å². The van der Waals surface area contributed by atoms with Gasteiger partial charge in [0.2, 0.25) is 0 Å². The van der Waals surface area contributed by atoms with Crippen molar-refractivity contribution in [3.63, 3.8) is 0 Å². The third-order valence-corrected chi connectivity index (χ3v) is 5.53. The Labute approximate surface area is 132 Å². The minimum absolute atomic E-state index is 0.362. The average molecular weight is 359 g/mol. The highest BCUT2D eigenvalue weighted by Gasteiger charge is 2.15. The van der Waals surface area contributed by atoms with Gasteiger partial charge in [-0.05, 0) is 59.6 Å². The van der Waals surface area contributed by atoms with E-state index in [-0.39, 0.29) is 0 Å². The lowest BCUT2D eigenvalue weighted by Crippen LogP contribution is -2.22. The molecule has 1 atom stereocenters. The molecule has 0 aliphatic rings. The molecule has 2 rings (SSSR count). The SMILES string of the molecule is CCNC(Cc1ccc(Cl)cc1)c1cc(Br)c(C)s1. The van der Waals surface area contributed by atoms with Gasteiger partial charge < -0.3 is 5.32 Å². The number of nitrogens with one attached hydrogen (secondary N) is 1. The number of rotatable bonds is 5. The first kappa shape index (κ1) is 15.0. The molecular weight excluding hydrogens is 342 g/mol. The number of aryl methyl sites for hydroxylation is 1. The van der Waals surface area contributed by atoms with Crippen LogP contribution in [-0.2, 0) is 6.42 Å². The molecule has 4 heteroatoms. The van der Waals surface area contributed by atoms with E-state index < -0.39 is 0 Å². The number of halogens is 2. The van der Waals surface area contributed by atoms with Gasteiger partial charge in [-0.1, -0.05) is 30.7 Å². The standard InChI is InChI=1S/C15H17BrClNS/c1-3-18-14(15-9-13(16)10(2)19-15)8-11-4-6-12(17)7-5-11/h4-7,9,14,18H,3,8H2,1-2H3. The van der Waals surface area contributed by atoms with Crippen LogP contribution >= 0.6 is 38.9 Å². The predicted octanol–water partition coefficient (Wildman–Crippen LogP) is 5.37. The topological polar surface area (TPSA) is 12.0 Å². The molecule has 0 aliphatic heterocycles. The maximum atomic E-state index is 5.93. The third kappa shape index (κ3) is 4.06. The van der Waals surface area contributed by atoms with Crippen LogP contribution in [0.1, 0.15) is 28.3 Å². The van der Waals surface area contributed by atoms with E-state index in [1.165, 1.54) is 19.8 Å². The second-order valence-corrected chi connectivity index (χ2v) is 7.07. The molecule has 0 fully saturated rings. The normalized spacial score (nSPS) is 12.6. The van der Waals surface area contributed by atoms with Crippen molar-refractivity contribution >= 4 is 38.9 Å². The minimum Gasteiger partial charge on any atom is -0.309 e.